The minimum Gasteiger partial charge on any atom is -0.573 e. The number of anilines is 2. The third-order valence-corrected chi connectivity index (χ3v) is 8.06. The summed E-state index contributed by atoms with van der Waals surface area (Å²) >= 11 is -1.45. The Balaban J connectivity index is 1.63. The van der Waals surface area contributed by atoms with Gasteiger partial charge in [0.2, 0.25) is 0 Å². The second kappa shape index (κ2) is 11.7. The van der Waals surface area contributed by atoms with Crippen LogP contribution in [0.5, 0.6) is 11.5 Å². The molecule has 0 saturated carbocycles. The van der Waals surface area contributed by atoms with Crippen LogP contribution in [0.25, 0.3) is 10.9 Å². The van der Waals surface area contributed by atoms with Gasteiger partial charge < -0.3 is 23.7 Å². The molecule has 11 nitrogen and oxygen atoms in total. The molecule has 0 amide bonds. The lowest BCUT2D eigenvalue weighted by molar-refractivity contribution is 0.0685. The number of hydrogen-bond donors (Lipinski definition) is 0. The van der Waals surface area contributed by atoms with Gasteiger partial charge in [-0.05, 0) is 31.0 Å². The zero-order chi connectivity index (χ0) is 27.5. The minimum absolute atomic E-state index is 0.0547. The molecule has 1 fully saturated rings. The normalized spacial score (nSPS) is 15.0. The van der Waals surface area contributed by atoms with Crippen LogP contribution >= 0.6 is 0 Å². The highest BCUT2D eigenvalue weighted by molar-refractivity contribution is 7.87. The summed E-state index contributed by atoms with van der Waals surface area (Å²) in [7, 11) is 6.67. The molecule has 206 valence electrons. The average molecular weight is 553 g/mol. The number of aromatic nitrogens is 4. The maximum absolute atomic E-state index is 13.6. The zero-order valence-corrected chi connectivity index (χ0v) is 23.3. The summed E-state index contributed by atoms with van der Waals surface area (Å²) in [4.78, 5) is 24.7. The lowest BCUT2D eigenvalue weighted by atomic mass is 10.1. The van der Waals surface area contributed by atoms with Gasteiger partial charge in [0, 0.05) is 62.9 Å². The molecule has 0 bridgehead atoms. The van der Waals surface area contributed by atoms with Gasteiger partial charge in [0.25, 0.3) is 5.56 Å². The summed E-state index contributed by atoms with van der Waals surface area (Å²) < 4.78 is 34.4. The van der Waals surface area contributed by atoms with Crippen LogP contribution in [0.3, 0.4) is 0 Å². The number of fused-ring (bicyclic) bond motifs is 1. The minimum atomic E-state index is -1.45. The first-order valence-corrected chi connectivity index (χ1v) is 13.7. The van der Waals surface area contributed by atoms with Gasteiger partial charge >= 0.3 is 0 Å². The highest BCUT2D eigenvalue weighted by Crippen LogP contribution is 2.35. The molecule has 2 aromatic heterocycles. The summed E-state index contributed by atoms with van der Waals surface area (Å²) in [5.74, 6) is 1.80. The maximum atomic E-state index is 13.6. The number of nitrogens with zero attached hydrogens (tertiary/aromatic N) is 6. The molecule has 1 aliphatic rings. The van der Waals surface area contributed by atoms with Crippen molar-refractivity contribution < 1.29 is 18.8 Å². The summed E-state index contributed by atoms with van der Waals surface area (Å²) in [6.07, 6.45) is 6.49. The SMILES string of the molecule is COc1cc(OC)cc(N(Cc2nccn2[S+]([O-])N(C)C)c2ccc3ncn(C4CCOCC4)c(=O)c3c2)c1. The molecule has 4 aromatic rings. The highest BCUT2D eigenvalue weighted by Gasteiger charge is 2.23. The van der Waals surface area contributed by atoms with Gasteiger partial charge in [-0.2, -0.15) is 0 Å². The van der Waals surface area contributed by atoms with Crippen LogP contribution in [0, 0.1) is 0 Å². The molecule has 12 heteroatoms. The number of hydrogen-bond acceptors (Lipinski definition) is 9. The second-order valence-corrected chi connectivity index (χ2v) is 11.0. The summed E-state index contributed by atoms with van der Waals surface area (Å²) in [5, 5.41) is 0.515. The van der Waals surface area contributed by atoms with E-state index in [0.29, 0.717) is 41.4 Å². The Morgan fingerprint density at radius 1 is 1.05 bits per heavy atom. The van der Waals surface area contributed by atoms with Gasteiger partial charge in [0.05, 0.1) is 50.4 Å². The van der Waals surface area contributed by atoms with E-state index < -0.39 is 11.5 Å². The van der Waals surface area contributed by atoms with Gasteiger partial charge in [-0.1, -0.05) is 0 Å². The molecule has 39 heavy (non-hydrogen) atoms. The number of rotatable bonds is 9. The lowest BCUT2D eigenvalue weighted by Gasteiger charge is -2.27. The number of ether oxygens (including phenoxy) is 3. The van der Waals surface area contributed by atoms with Gasteiger partial charge in [-0.15, -0.1) is 8.28 Å². The first-order valence-electron chi connectivity index (χ1n) is 12.6. The lowest BCUT2D eigenvalue weighted by Crippen LogP contribution is -2.31. The van der Waals surface area contributed by atoms with E-state index in [1.54, 1.807) is 65.9 Å². The molecule has 2 aromatic carbocycles. The highest BCUT2D eigenvalue weighted by atomic mass is 32.2. The van der Waals surface area contributed by atoms with Crippen LogP contribution in [-0.2, 0) is 22.8 Å². The van der Waals surface area contributed by atoms with E-state index in [9.17, 15) is 9.35 Å². The first-order chi connectivity index (χ1) is 18.9. The predicted octanol–water partition coefficient (Wildman–Crippen LogP) is 3.29. The van der Waals surface area contributed by atoms with Crippen molar-refractivity contribution in [2.45, 2.75) is 25.4 Å². The van der Waals surface area contributed by atoms with E-state index in [2.05, 4.69) is 9.97 Å². The zero-order valence-electron chi connectivity index (χ0n) is 22.4. The fraction of sp³-hybridized carbons (Fsp3) is 0.370. The van der Waals surface area contributed by atoms with E-state index >= 15 is 0 Å². The Bertz CT molecular complexity index is 1480. The third kappa shape index (κ3) is 5.59. The molecule has 0 spiro atoms. The molecule has 3 heterocycles. The fourth-order valence-corrected chi connectivity index (χ4v) is 5.48. The molecule has 1 unspecified atom stereocenters. The molecule has 0 N–H and O–H groups in total. The van der Waals surface area contributed by atoms with E-state index in [4.69, 9.17) is 14.2 Å². The largest absolute Gasteiger partial charge is 0.573 e. The van der Waals surface area contributed by atoms with Crippen LogP contribution in [0.2, 0.25) is 0 Å². The number of methoxy groups -OCH3 is 2. The molecule has 0 radical (unpaired) electrons. The molecule has 0 aliphatic carbocycles. The Morgan fingerprint density at radius 3 is 2.44 bits per heavy atom. The number of imidazole rings is 1. The van der Waals surface area contributed by atoms with Crippen LogP contribution in [0.15, 0.2) is 59.9 Å². The van der Waals surface area contributed by atoms with Crippen molar-refractivity contribution in [2.24, 2.45) is 0 Å². The topological polar surface area (TPSA) is 110 Å². The first kappa shape index (κ1) is 27.0. The van der Waals surface area contributed by atoms with Crippen LogP contribution < -0.4 is 19.9 Å². The molecule has 1 saturated heterocycles. The molecule has 1 atom stereocenters. The van der Waals surface area contributed by atoms with Gasteiger partial charge in [0.1, 0.15) is 11.5 Å². The molecular weight excluding hydrogens is 520 g/mol. The Labute approximate surface area is 230 Å². The maximum Gasteiger partial charge on any atom is 0.261 e. The Kier molecular flexibility index (Phi) is 8.07. The molecule has 5 rings (SSSR count). The standard InChI is InChI=1S/C27H32N6O5S/c1-30(2)39(35)33-10-9-28-26(33)17-31(21-13-22(36-3)16-23(14-21)37-4)20-5-6-25-24(15-20)27(34)32(18-29-25)19-7-11-38-12-8-19/h5-6,9-10,13-16,18-19H,7-8,11-12,17H2,1-4H3. The van der Waals surface area contributed by atoms with Crippen molar-refractivity contribution in [2.75, 3.05) is 46.4 Å². The quantitative estimate of drug-likeness (QED) is 0.289. The Morgan fingerprint density at radius 2 is 1.77 bits per heavy atom. The van der Waals surface area contributed by atoms with Crippen LogP contribution in [0.4, 0.5) is 11.4 Å². The molecule has 1 aliphatic heterocycles. The predicted molar refractivity (Wildman–Crippen MR) is 150 cm³/mol. The Hall–Kier alpha value is -3.58. The van der Waals surface area contributed by atoms with Gasteiger partial charge in [-0.25, -0.2) is 9.97 Å². The van der Waals surface area contributed by atoms with Crippen molar-refractivity contribution >= 4 is 33.8 Å². The van der Waals surface area contributed by atoms with Crippen LogP contribution in [0.1, 0.15) is 24.7 Å². The van der Waals surface area contributed by atoms with Gasteiger partial charge in [0.15, 0.2) is 17.4 Å². The average Bonchev–Trinajstić information content (AvgIpc) is 3.44. The van der Waals surface area contributed by atoms with Gasteiger partial charge in [-0.3, -0.25) is 9.36 Å². The van der Waals surface area contributed by atoms with E-state index in [1.165, 1.54) is 0 Å². The third-order valence-electron chi connectivity index (χ3n) is 6.77. The van der Waals surface area contributed by atoms with Crippen LogP contribution in [-0.4, -0.2) is 68.9 Å². The molecular formula is C27H32N6O5S. The number of benzene rings is 2. The van der Waals surface area contributed by atoms with E-state index in [0.717, 1.165) is 24.2 Å². The second-order valence-electron chi connectivity index (χ2n) is 9.37. The summed E-state index contributed by atoms with van der Waals surface area (Å²) in [6.45, 7) is 1.52. The van der Waals surface area contributed by atoms with E-state index in [1.807, 2.05) is 35.2 Å². The fourth-order valence-electron chi connectivity index (χ4n) is 4.69. The summed E-state index contributed by atoms with van der Waals surface area (Å²) in [6, 6.07) is 11.2. The van der Waals surface area contributed by atoms with Crippen molar-refractivity contribution in [3.63, 3.8) is 0 Å². The van der Waals surface area contributed by atoms with Crippen molar-refractivity contribution in [1.82, 2.24) is 22.8 Å². The van der Waals surface area contributed by atoms with Crippen molar-refractivity contribution in [1.29, 1.82) is 0 Å². The summed E-state index contributed by atoms with van der Waals surface area (Å²) in [5.41, 5.74) is 2.02. The van der Waals surface area contributed by atoms with E-state index in [-0.39, 0.29) is 18.1 Å². The smallest absolute Gasteiger partial charge is 0.261 e. The van der Waals surface area contributed by atoms with Crippen molar-refractivity contribution in [3.05, 3.63) is 71.3 Å². The monoisotopic (exact) mass is 552 g/mol. The van der Waals surface area contributed by atoms with Crippen molar-refractivity contribution in [3.8, 4) is 11.5 Å².